The lowest BCUT2D eigenvalue weighted by Crippen LogP contribution is -2.30. The molecule has 0 saturated heterocycles. The lowest BCUT2D eigenvalue weighted by molar-refractivity contribution is 0.0969. The molecule has 0 saturated carbocycles. The van der Waals surface area contributed by atoms with Crippen LogP contribution in [-0.2, 0) is 0 Å². The molecule has 1 aliphatic heterocycles. The standard InChI is InChI=1S/C24H19ClN2O6/c1-11-8-17-14(10-15(11)25)21(28)19-20(13-6-5-7-16(30-3)22(13)31-4)27(24(29)23(19)32-17)18-9-12(2)33-26-18/h5-10,20H,1-4H3/t20-/m0/s1. The quantitative estimate of drug-likeness (QED) is 0.425. The van der Waals surface area contributed by atoms with Crippen molar-refractivity contribution in [2.24, 2.45) is 0 Å². The Labute approximate surface area is 193 Å². The predicted molar refractivity (Wildman–Crippen MR) is 122 cm³/mol. The van der Waals surface area contributed by atoms with E-state index in [9.17, 15) is 9.59 Å². The Balaban J connectivity index is 1.87. The largest absolute Gasteiger partial charge is 0.493 e. The second kappa shape index (κ2) is 7.67. The Morgan fingerprint density at radius 3 is 2.55 bits per heavy atom. The first kappa shape index (κ1) is 21.1. The fraction of sp³-hybridized carbons (Fsp3) is 0.208. The van der Waals surface area contributed by atoms with Crippen molar-refractivity contribution in [3.05, 3.63) is 79.9 Å². The van der Waals surface area contributed by atoms with Gasteiger partial charge in [0.25, 0.3) is 5.91 Å². The SMILES string of the molecule is COc1cccc([C@H]2c3c(oc4cc(C)c(Cl)cc4c3=O)C(=O)N2c2cc(C)on2)c1OC. The van der Waals surface area contributed by atoms with E-state index in [-0.39, 0.29) is 33.5 Å². The molecule has 168 valence electrons. The van der Waals surface area contributed by atoms with Gasteiger partial charge in [0.1, 0.15) is 17.4 Å². The van der Waals surface area contributed by atoms with Crippen LogP contribution in [-0.4, -0.2) is 25.3 Å². The number of aryl methyl sites for hydroxylation is 2. The number of carbonyl (C=O) groups is 1. The molecule has 2 aromatic carbocycles. The molecule has 0 N–H and O–H groups in total. The Morgan fingerprint density at radius 1 is 1.09 bits per heavy atom. The van der Waals surface area contributed by atoms with Gasteiger partial charge in [0.2, 0.25) is 5.76 Å². The maximum atomic E-state index is 13.7. The third-order valence-corrected chi connectivity index (χ3v) is 6.15. The first-order valence-corrected chi connectivity index (χ1v) is 10.5. The highest BCUT2D eigenvalue weighted by Gasteiger charge is 2.46. The van der Waals surface area contributed by atoms with Crippen LogP contribution >= 0.6 is 11.6 Å². The third-order valence-electron chi connectivity index (χ3n) is 5.74. The lowest BCUT2D eigenvalue weighted by Gasteiger charge is -2.24. The summed E-state index contributed by atoms with van der Waals surface area (Å²) in [6.45, 7) is 3.51. The van der Waals surface area contributed by atoms with E-state index in [1.165, 1.54) is 19.1 Å². The summed E-state index contributed by atoms with van der Waals surface area (Å²) in [5, 5.41) is 4.73. The number of fused-ring (bicyclic) bond motifs is 2. The van der Waals surface area contributed by atoms with Crippen LogP contribution in [0.3, 0.4) is 0 Å². The van der Waals surface area contributed by atoms with Crippen LogP contribution in [0.5, 0.6) is 11.5 Å². The average Bonchev–Trinajstić information content (AvgIpc) is 3.35. The monoisotopic (exact) mass is 466 g/mol. The van der Waals surface area contributed by atoms with Gasteiger partial charge in [-0.1, -0.05) is 28.9 Å². The molecule has 0 aliphatic carbocycles. The molecule has 1 amide bonds. The van der Waals surface area contributed by atoms with E-state index in [1.54, 1.807) is 50.2 Å². The van der Waals surface area contributed by atoms with Crippen LogP contribution in [0.15, 0.2) is 50.1 Å². The van der Waals surface area contributed by atoms with Gasteiger partial charge in [0.15, 0.2) is 22.7 Å². The minimum atomic E-state index is -0.886. The molecule has 0 unspecified atom stereocenters. The lowest BCUT2D eigenvalue weighted by atomic mass is 9.97. The first-order valence-electron chi connectivity index (χ1n) is 10.1. The van der Waals surface area contributed by atoms with E-state index in [1.807, 2.05) is 0 Å². The van der Waals surface area contributed by atoms with Gasteiger partial charge in [-0.2, -0.15) is 0 Å². The number of amides is 1. The van der Waals surface area contributed by atoms with E-state index in [0.29, 0.717) is 27.8 Å². The number of ether oxygens (including phenoxy) is 2. The average molecular weight is 467 g/mol. The number of halogens is 1. The maximum Gasteiger partial charge on any atom is 0.296 e. The van der Waals surface area contributed by atoms with Crippen molar-refractivity contribution in [2.75, 3.05) is 19.1 Å². The van der Waals surface area contributed by atoms with Crippen molar-refractivity contribution in [1.82, 2.24) is 5.16 Å². The van der Waals surface area contributed by atoms with Crippen molar-refractivity contribution >= 4 is 34.3 Å². The number of para-hydroxylation sites is 1. The van der Waals surface area contributed by atoms with E-state index in [2.05, 4.69) is 5.16 Å². The first-order chi connectivity index (χ1) is 15.8. The molecule has 5 rings (SSSR count). The van der Waals surface area contributed by atoms with Crippen molar-refractivity contribution in [3.8, 4) is 11.5 Å². The molecule has 8 nitrogen and oxygen atoms in total. The smallest absolute Gasteiger partial charge is 0.296 e. The Morgan fingerprint density at radius 2 is 1.88 bits per heavy atom. The fourth-order valence-corrected chi connectivity index (χ4v) is 4.38. The zero-order valence-corrected chi connectivity index (χ0v) is 19.0. The normalized spacial score (nSPS) is 15.2. The fourth-order valence-electron chi connectivity index (χ4n) is 4.22. The van der Waals surface area contributed by atoms with Crippen LogP contribution in [0.4, 0.5) is 5.82 Å². The van der Waals surface area contributed by atoms with Gasteiger partial charge in [-0.05, 0) is 37.6 Å². The molecule has 1 atom stereocenters. The molecule has 9 heteroatoms. The second-order valence-electron chi connectivity index (χ2n) is 7.73. The molecule has 2 aromatic heterocycles. The van der Waals surface area contributed by atoms with Gasteiger partial charge in [0, 0.05) is 16.7 Å². The molecular formula is C24H19ClN2O6. The summed E-state index contributed by atoms with van der Waals surface area (Å²) in [5.74, 6) is 1.02. The number of hydrogen-bond donors (Lipinski definition) is 0. The summed E-state index contributed by atoms with van der Waals surface area (Å²) in [7, 11) is 3.01. The summed E-state index contributed by atoms with van der Waals surface area (Å²) >= 11 is 6.29. The van der Waals surface area contributed by atoms with Gasteiger partial charge >= 0.3 is 0 Å². The van der Waals surface area contributed by atoms with Gasteiger partial charge in [-0.15, -0.1) is 0 Å². The van der Waals surface area contributed by atoms with E-state index < -0.39 is 11.9 Å². The van der Waals surface area contributed by atoms with Gasteiger partial charge in [-0.25, -0.2) is 0 Å². The van der Waals surface area contributed by atoms with Crippen molar-refractivity contribution in [1.29, 1.82) is 0 Å². The summed E-state index contributed by atoms with van der Waals surface area (Å²) in [6.07, 6.45) is 0. The maximum absolute atomic E-state index is 13.7. The number of rotatable bonds is 4. The predicted octanol–water partition coefficient (Wildman–Crippen LogP) is 4.82. The summed E-state index contributed by atoms with van der Waals surface area (Å²) < 4.78 is 22.3. The van der Waals surface area contributed by atoms with Crippen LogP contribution in [0.2, 0.25) is 5.02 Å². The van der Waals surface area contributed by atoms with Crippen LogP contribution in [0.1, 0.15) is 39.0 Å². The highest BCUT2D eigenvalue weighted by molar-refractivity contribution is 6.32. The zero-order valence-electron chi connectivity index (χ0n) is 18.3. The van der Waals surface area contributed by atoms with E-state index in [4.69, 9.17) is 30.0 Å². The highest BCUT2D eigenvalue weighted by Crippen LogP contribution is 2.46. The number of methoxy groups -OCH3 is 2. The van der Waals surface area contributed by atoms with Crippen molar-refractivity contribution in [3.63, 3.8) is 0 Å². The Bertz CT molecular complexity index is 1490. The molecule has 1 aliphatic rings. The molecule has 0 spiro atoms. The third kappa shape index (κ3) is 3.09. The molecule has 0 fully saturated rings. The summed E-state index contributed by atoms with van der Waals surface area (Å²) in [5.41, 5.74) is 1.35. The molecule has 0 bridgehead atoms. The summed E-state index contributed by atoms with van der Waals surface area (Å²) in [4.78, 5) is 28.7. The topological polar surface area (TPSA) is 95.0 Å². The van der Waals surface area contributed by atoms with Gasteiger partial charge in [0.05, 0.1) is 25.2 Å². The van der Waals surface area contributed by atoms with E-state index in [0.717, 1.165) is 5.56 Å². The molecule has 3 heterocycles. The molecule has 4 aromatic rings. The van der Waals surface area contributed by atoms with Crippen LogP contribution in [0.25, 0.3) is 11.0 Å². The minimum absolute atomic E-state index is 0.0650. The number of hydrogen-bond acceptors (Lipinski definition) is 7. The number of benzene rings is 2. The second-order valence-corrected chi connectivity index (χ2v) is 8.13. The van der Waals surface area contributed by atoms with Crippen molar-refractivity contribution < 1.29 is 23.2 Å². The zero-order chi connectivity index (χ0) is 23.4. The number of carbonyl (C=O) groups excluding carboxylic acids is 1. The molecule has 0 radical (unpaired) electrons. The summed E-state index contributed by atoms with van der Waals surface area (Å²) in [6, 6.07) is 9.20. The highest BCUT2D eigenvalue weighted by atomic mass is 35.5. The molecular weight excluding hydrogens is 448 g/mol. The minimum Gasteiger partial charge on any atom is -0.493 e. The number of aromatic nitrogens is 1. The van der Waals surface area contributed by atoms with Crippen LogP contribution < -0.4 is 19.8 Å². The van der Waals surface area contributed by atoms with Crippen LogP contribution in [0, 0.1) is 13.8 Å². The Hall–Kier alpha value is -3.78. The number of anilines is 1. The number of nitrogens with zero attached hydrogens (tertiary/aromatic N) is 2. The Kier molecular flexibility index (Phi) is 4.90. The van der Waals surface area contributed by atoms with E-state index >= 15 is 0 Å². The van der Waals surface area contributed by atoms with Gasteiger partial charge in [-0.3, -0.25) is 14.5 Å². The van der Waals surface area contributed by atoms with Gasteiger partial charge < -0.3 is 18.4 Å². The van der Waals surface area contributed by atoms with Crippen molar-refractivity contribution in [2.45, 2.75) is 19.9 Å². The molecule has 33 heavy (non-hydrogen) atoms.